The van der Waals surface area contributed by atoms with E-state index in [0.717, 1.165) is 99.2 Å². The Morgan fingerprint density at radius 1 is 0.634 bits per heavy atom. The van der Waals surface area contributed by atoms with Crippen molar-refractivity contribution in [3.8, 4) is 23.0 Å². The normalized spacial score (nSPS) is 24.2. The van der Waals surface area contributed by atoms with Crippen molar-refractivity contribution in [2.24, 2.45) is 47.3 Å². The Labute approximate surface area is 511 Å². The predicted octanol–water partition coefficient (Wildman–Crippen LogP) is 8.47. The standard InChI is InChI=1S/C25H36F2O2.C16H28O3S.C10H12F2O2.3K.HO4P/c1-3-5-16-28-22-14-15-23(25(27)24(22)26)29-17-19-8-12-21(13-9-19)20-10-6-18(4-2)7-11-20;1-3-13-4-8-15(9-5-13)16-10-6-14(7-11-16)12-19-20(2,17)18;1-2-3-6-14-8-5-4-7(13)9(11)10(8)12;;;;1-4-5(2)3/h4,14-15,18-21H,2-3,5-13,16-17H2,1H3;3,13-16H,1,4-12H2,2H3;4-5,13H,2-3,6H2,1H3;;;;1H/q;;;;;+1;/p-1. The van der Waals surface area contributed by atoms with Gasteiger partial charge in [-0.25, -0.2) is 4.67 Å². The number of allylic oxidation sites excluding steroid dienone is 2. The van der Waals surface area contributed by atoms with Gasteiger partial charge in [-0.05, 0) is 192 Å². The molecule has 0 saturated heterocycles. The van der Waals surface area contributed by atoms with Crippen molar-refractivity contribution >= 4 is 81.5 Å². The maximum atomic E-state index is 14.3. The van der Waals surface area contributed by atoms with Crippen LogP contribution >= 0.6 is 8.25 Å². The number of phenolic OH excluding ortho intramolecular Hbond substituents is 1. The van der Waals surface area contributed by atoms with Crippen LogP contribution in [0.25, 0.3) is 0 Å². The molecule has 4 saturated carbocycles. The Balaban J connectivity index is 0.000000522. The van der Waals surface area contributed by atoms with E-state index in [2.05, 4.69) is 30.0 Å². The zero-order valence-corrected chi connectivity index (χ0v) is 54.4. The topological polar surface area (TPSA) is 164 Å². The summed E-state index contributed by atoms with van der Waals surface area (Å²) < 4.78 is 109. The first-order chi connectivity index (χ1) is 33.5. The molecule has 2 aromatic carbocycles. The van der Waals surface area contributed by atoms with E-state index in [-0.39, 0.29) is 68.6 Å². The average Bonchev–Trinajstić information content (AvgIpc) is 3.38. The van der Waals surface area contributed by atoms with Gasteiger partial charge >= 0.3 is 123 Å². The van der Waals surface area contributed by atoms with E-state index < -0.39 is 47.4 Å². The van der Waals surface area contributed by atoms with Gasteiger partial charge in [-0.2, -0.15) is 26.0 Å². The Morgan fingerprint density at radius 2 is 0.958 bits per heavy atom. The van der Waals surface area contributed by atoms with Gasteiger partial charge in [-0.1, -0.05) is 38.8 Å². The maximum absolute atomic E-state index is 14.3. The van der Waals surface area contributed by atoms with E-state index in [1.54, 1.807) is 0 Å². The van der Waals surface area contributed by atoms with Crippen molar-refractivity contribution in [1.29, 1.82) is 0 Å². The van der Waals surface area contributed by atoms with Crippen molar-refractivity contribution in [1.82, 2.24) is 0 Å². The molecule has 2 aromatic rings. The van der Waals surface area contributed by atoms with Crippen LogP contribution in [0.5, 0.6) is 23.0 Å². The summed E-state index contributed by atoms with van der Waals surface area (Å²) in [6.45, 7) is 13.4. The first-order valence-corrected chi connectivity index (χ1v) is 44.5. The van der Waals surface area contributed by atoms with Gasteiger partial charge in [-0.3, -0.25) is 4.18 Å². The Bertz CT molecular complexity index is 1910. The quantitative estimate of drug-likeness (QED) is 0.0210. The second kappa shape index (κ2) is 40.8. The molecule has 0 radical (unpaired) electrons. The second-order valence-electron chi connectivity index (χ2n) is 18.8. The van der Waals surface area contributed by atoms with E-state index in [1.807, 2.05) is 13.8 Å². The number of benzene rings is 2. The number of hydrogen-bond acceptors (Lipinski definition) is 11. The molecule has 11 nitrogen and oxygen atoms in total. The fourth-order valence-electron chi connectivity index (χ4n) is 9.81. The molecule has 0 spiro atoms. The van der Waals surface area contributed by atoms with Gasteiger partial charge in [0.2, 0.25) is 23.3 Å². The van der Waals surface area contributed by atoms with E-state index in [1.165, 1.54) is 158 Å². The number of hydrogen-bond donors (Lipinski definition) is 1. The first kappa shape index (κ1) is 70.7. The van der Waals surface area contributed by atoms with Gasteiger partial charge in [0.05, 0.1) is 32.7 Å². The molecule has 0 aliphatic heterocycles. The Morgan fingerprint density at radius 3 is 1.30 bits per heavy atom. The summed E-state index contributed by atoms with van der Waals surface area (Å²) in [6, 6.07) is 5.24. The molecule has 6 rings (SSSR count). The molecule has 20 heteroatoms. The molecule has 4 aliphatic carbocycles. The molecule has 0 aromatic heterocycles. The van der Waals surface area contributed by atoms with Crippen LogP contribution in [0, 0.1) is 70.6 Å². The SMILES string of the molecule is C=CC1CCC(C2CCC(COS(C)(=O)=O)CC2)CC1.C=CC1CCC(C2CCC(COc3ccc(OCCCC)c(F)c3F)CC2)CC1.CCCCOc1ccc(O)c(F)c1F.O=[P+]([O-])O[O-].[K+].[K][K]. The molecule has 0 bridgehead atoms. The number of rotatable bonds is 19. The fourth-order valence-corrected chi connectivity index (χ4v) is 10.2. The average molecular weight is 1120 g/mol. The molecule has 388 valence electrons. The van der Waals surface area contributed by atoms with E-state index in [0.29, 0.717) is 38.3 Å². The van der Waals surface area contributed by atoms with Crippen molar-refractivity contribution < 1.29 is 120 Å². The van der Waals surface area contributed by atoms with Crippen LogP contribution < -0.4 is 75.7 Å². The summed E-state index contributed by atoms with van der Waals surface area (Å²) >= 11 is 2.50. The van der Waals surface area contributed by atoms with Crippen LogP contribution in [-0.2, 0) is 23.5 Å². The molecule has 71 heavy (non-hydrogen) atoms. The van der Waals surface area contributed by atoms with Gasteiger partial charge < -0.3 is 29.5 Å². The molecular weight excluding hydrogens is 1040 g/mol. The van der Waals surface area contributed by atoms with Gasteiger partial charge in [0, 0.05) is 0 Å². The molecule has 0 heterocycles. The summed E-state index contributed by atoms with van der Waals surface area (Å²) in [7, 11) is -6.43. The first-order valence-electron chi connectivity index (χ1n) is 25.6. The van der Waals surface area contributed by atoms with Crippen molar-refractivity contribution in [2.75, 3.05) is 32.7 Å². The van der Waals surface area contributed by atoms with Crippen molar-refractivity contribution in [3.63, 3.8) is 0 Å². The molecule has 4 fully saturated rings. The summed E-state index contributed by atoms with van der Waals surface area (Å²) in [5.41, 5.74) is 0. The van der Waals surface area contributed by atoms with Crippen molar-refractivity contribution in [3.05, 3.63) is 72.8 Å². The van der Waals surface area contributed by atoms with Crippen LogP contribution in [0.1, 0.15) is 142 Å². The fraction of sp³-hybridized carbons (Fsp3) is 0.686. The summed E-state index contributed by atoms with van der Waals surface area (Å²) in [6.07, 6.45) is 28.9. The van der Waals surface area contributed by atoms with E-state index >= 15 is 0 Å². The molecule has 1 atom stereocenters. The molecule has 1 unspecified atom stereocenters. The summed E-state index contributed by atoms with van der Waals surface area (Å²) in [5.74, 6) is 0.571. The number of aromatic hydroxyl groups is 1. The van der Waals surface area contributed by atoms with E-state index in [9.17, 15) is 26.0 Å². The number of halogens is 4. The third-order valence-electron chi connectivity index (χ3n) is 14.0. The van der Waals surface area contributed by atoms with Crippen LogP contribution in [-0.4, -0.2) is 109 Å². The van der Waals surface area contributed by atoms with Crippen LogP contribution in [0.15, 0.2) is 49.6 Å². The van der Waals surface area contributed by atoms with E-state index in [4.69, 9.17) is 38.2 Å². The number of phenols is 1. The monoisotopic (exact) mass is 1120 g/mol. The van der Waals surface area contributed by atoms with Crippen molar-refractivity contribution in [2.45, 2.75) is 142 Å². The predicted molar refractivity (Wildman–Crippen MR) is 264 cm³/mol. The minimum absolute atomic E-state index is 0. The minimum atomic E-state index is -3.28. The Hall–Kier alpha value is 1.64. The van der Waals surface area contributed by atoms with Gasteiger partial charge in [0.25, 0.3) is 10.1 Å². The van der Waals surface area contributed by atoms with Gasteiger partial charge in [0.15, 0.2) is 23.0 Å². The molecular formula is C51H76F4K3O11PS. The molecule has 0 amide bonds. The number of unbranched alkanes of at least 4 members (excludes halogenated alkanes) is 2. The molecule has 4 aliphatic rings. The van der Waals surface area contributed by atoms with Crippen LogP contribution in [0.4, 0.5) is 17.6 Å². The summed E-state index contributed by atoms with van der Waals surface area (Å²) in [4.78, 5) is 8.87. The van der Waals surface area contributed by atoms with Crippen LogP contribution in [0.2, 0.25) is 0 Å². The number of ether oxygens (including phenoxy) is 3. The summed E-state index contributed by atoms with van der Waals surface area (Å²) in [5, 5.41) is 17.4. The van der Waals surface area contributed by atoms with Crippen LogP contribution in [0.3, 0.4) is 0 Å². The molecule has 1 N–H and O–H groups in total. The third-order valence-corrected chi connectivity index (χ3v) is 14.7. The zero-order chi connectivity index (χ0) is 52.1. The second-order valence-corrected chi connectivity index (χ2v) is 21.0. The van der Waals surface area contributed by atoms with Gasteiger partial charge in [0.1, 0.15) is 0 Å². The Kier molecular flexibility index (Phi) is 40.6. The third kappa shape index (κ3) is 28.4. The zero-order valence-electron chi connectivity index (χ0n) is 43.4. The van der Waals surface area contributed by atoms with Gasteiger partial charge in [-0.15, -0.1) is 13.2 Å².